The van der Waals surface area contributed by atoms with E-state index in [0.717, 1.165) is 24.1 Å². The first-order chi connectivity index (χ1) is 7.54. The van der Waals surface area contributed by atoms with E-state index in [1.54, 1.807) is 6.07 Å². The predicted molar refractivity (Wildman–Crippen MR) is 68.3 cm³/mol. The monoisotopic (exact) mass is 220 g/mol. The fraction of sp³-hybridized carbons (Fsp3) is 0.462. The average molecular weight is 220 g/mol. The van der Waals surface area contributed by atoms with Gasteiger partial charge >= 0.3 is 0 Å². The fourth-order valence-electron chi connectivity index (χ4n) is 1.55. The second-order valence-corrected chi connectivity index (χ2v) is 4.25. The van der Waals surface area contributed by atoms with Gasteiger partial charge in [0.2, 0.25) is 5.91 Å². The molecule has 0 aromatic heterocycles. The summed E-state index contributed by atoms with van der Waals surface area (Å²) in [6.45, 7) is 5.96. The lowest BCUT2D eigenvalue weighted by atomic mass is 10.1. The number of nitrogens with one attached hydrogen (secondary N) is 1. The van der Waals surface area contributed by atoms with E-state index >= 15 is 0 Å². The van der Waals surface area contributed by atoms with Crippen molar-refractivity contribution in [1.29, 1.82) is 0 Å². The van der Waals surface area contributed by atoms with Crippen LogP contribution in [-0.4, -0.2) is 5.91 Å². The zero-order valence-corrected chi connectivity index (χ0v) is 10.2. The van der Waals surface area contributed by atoms with E-state index < -0.39 is 0 Å². The molecule has 3 N–H and O–H groups in total. The number of carbonyl (C=O) groups is 1. The van der Waals surface area contributed by atoms with Crippen molar-refractivity contribution in [2.45, 2.75) is 33.6 Å². The number of aryl methyl sites for hydroxylation is 1. The van der Waals surface area contributed by atoms with Crippen molar-refractivity contribution < 1.29 is 4.79 Å². The molecule has 0 fully saturated rings. The maximum atomic E-state index is 11.7. The number of anilines is 2. The molecule has 16 heavy (non-hydrogen) atoms. The van der Waals surface area contributed by atoms with E-state index in [9.17, 15) is 4.79 Å². The molecule has 0 aliphatic heterocycles. The summed E-state index contributed by atoms with van der Waals surface area (Å²) in [5.41, 5.74) is 8.29. The van der Waals surface area contributed by atoms with Crippen molar-refractivity contribution in [2.75, 3.05) is 11.1 Å². The molecule has 88 valence electrons. The van der Waals surface area contributed by atoms with Gasteiger partial charge in [-0.05, 0) is 31.0 Å². The van der Waals surface area contributed by atoms with E-state index in [2.05, 4.69) is 12.2 Å². The van der Waals surface area contributed by atoms with Gasteiger partial charge in [-0.3, -0.25) is 4.79 Å². The molecule has 1 amide bonds. The van der Waals surface area contributed by atoms with Crippen LogP contribution in [0.1, 0.15) is 32.3 Å². The highest BCUT2D eigenvalue weighted by Crippen LogP contribution is 2.18. The first-order valence-corrected chi connectivity index (χ1v) is 5.71. The Balaban J connectivity index is 2.66. The SMILES string of the molecule is CCC[C@H](C)C(=O)Nc1ccc(C)c(N)c1. The molecule has 0 radical (unpaired) electrons. The van der Waals surface area contributed by atoms with E-state index in [1.165, 1.54) is 0 Å². The van der Waals surface area contributed by atoms with Crippen molar-refractivity contribution in [2.24, 2.45) is 5.92 Å². The Labute approximate surface area is 97.0 Å². The lowest BCUT2D eigenvalue weighted by molar-refractivity contribution is -0.119. The summed E-state index contributed by atoms with van der Waals surface area (Å²) in [4.78, 5) is 11.7. The standard InChI is InChI=1S/C13H20N2O/c1-4-5-10(3)13(16)15-11-7-6-9(2)12(14)8-11/h6-8,10H,4-5,14H2,1-3H3,(H,15,16)/t10-/m0/s1. The molecule has 0 aliphatic rings. The van der Waals surface area contributed by atoms with Crippen LogP contribution in [0.15, 0.2) is 18.2 Å². The van der Waals surface area contributed by atoms with Crippen LogP contribution >= 0.6 is 0 Å². The van der Waals surface area contributed by atoms with Gasteiger partial charge in [-0.15, -0.1) is 0 Å². The molecule has 0 heterocycles. The molecular formula is C13H20N2O. The Morgan fingerprint density at radius 3 is 2.75 bits per heavy atom. The summed E-state index contributed by atoms with van der Waals surface area (Å²) < 4.78 is 0. The molecule has 0 unspecified atom stereocenters. The summed E-state index contributed by atoms with van der Waals surface area (Å²) in [5.74, 6) is 0.109. The number of nitrogen functional groups attached to an aromatic ring is 1. The van der Waals surface area contributed by atoms with Crippen LogP contribution in [-0.2, 0) is 4.79 Å². The molecule has 0 bridgehead atoms. The van der Waals surface area contributed by atoms with Crippen LogP contribution in [0.4, 0.5) is 11.4 Å². The molecule has 0 saturated carbocycles. The van der Waals surface area contributed by atoms with Gasteiger partial charge in [0.25, 0.3) is 0 Å². The maximum Gasteiger partial charge on any atom is 0.227 e. The third-order valence-electron chi connectivity index (χ3n) is 2.72. The average Bonchev–Trinajstić information content (AvgIpc) is 2.24. The molecule has 1 aromatic rings. The molecule has 1 aromatic carbocycles. The van der Waals surface area contributed by atoms with Gasteiger partial charge in [-0.2, -0.15) is 0 Å². The minimum atomic E-state index is 0.0486. The molecule has 1 atom stereocenters. The molecular weight excluding hydrogens is 200 g/mol. The lowest BCUT2D eigenvalue weighted by Gasteiger charge is -2.12. The topological polar surface area (TPSA) is 55.1 Å². The first kappa shape index (κ1) is 12.6. The van der Waals surface area contributed by atoms with Crippen LogP contribution in [0.2, 0.25) is 0 Å². The third kappa shape index (κ3) is 3.26. The number of nitrogens with two attached hydrogens (primary N) is 1. The Bertz CT molecular complexity index is 374. The lowest BCUT2D eigenvalue weighted by Crippen LogP contribution is -2.20. The number of amides is 1. The zero-order valence-electron chi connectivity index (χ0n) is 10.2. The summed E-state index contributed by atoms with van der Waals surface area (Å²) in [5, 5.41) is 2.88. The minimum Gasteiger partial charge on any atom is -0.398 e. The van der Waals surface area contributed by atoms with Gasteiger partial charge in [-0.25, -0.2) is 0 Å². The highest BCUT2D eigenvalue weighted by atomic mass is 16.1. The molecule has 1 rings (SSSR count). The minimum absolute atomic E-state index is 0.0486. The van der Waals surface area contributed by atoms with E-state index in [1.807, 2.05) is 26.0 Å². The van der Waals surface area contributed by atoms with Gasteiger partial charge in [0, 0.05) is 17.3 Å². The molecule has 0 spiro atoms. The third-order valence-corrected chi connectivity index (χ3v) is 2.72. The normalized spacial score (nSPS) is 12.2. The number of rotatable bonds is 4. The van der Waals surface area contributed by atoms with E-state index in [-0.39, 0.29) is 11.8 Å². The quantitative estimate of drug-likeness (QED) is 0.766. The van der Waals surface area contributed by atoms with Gasteiger partial charge in [0.1, 0.15) is 0 Å². The number of hydrogen-bond donors (Lipinski definition) is 2. The summed E-state index contributed by atoms with van der Waals surface area (Å²) in [7, 11) is 0. The van der Waals surface area contributed by atoms with Gasteiger partial charge in [-0.1, -0.05) is 26.3 Å². The van der Waals surface area contributed by atoms with Crippen molar-refractivity contribution in [3.05, 3.63) is 23.8 Å². The highest BCUT2D eigenvalue weighted by molar-refractivity contribution is 5.92. The fourth-order valence-corrected chi connectivity index (χ4v) is 1.55. The van der Waals surface area contributed by atoms with Crippen LogP contribution in [0.5, 0.6) is 0 Å². The maximum absolute atomic E-state index is 11.7. The Hall–Kier alpha value is -1.51. The Morgan fingerprint density at radius 1 is 1.50 bits per heavy atom. The first-order valence-electron chi connectivity index (χ1n) is 5.71. The summed E-state index contributed by atoms with van der Waals surface area (Å²) in [6, 6.07) is 5.59. The smallest absolute Gasteiger partial charge is 0.227 e. The Kier molecular flexibility index (Phi) is 4.35. The van der Waals surface area contributed by atoms with E-state index in [0.29, 0.717) is 5.69 Å². The molecule has 3 heteroatoms. The van der Waals surface area contributed by atoms with Crippen LogP contribution < -0.4 is 11.1 Å². The molecule has 0 aliphatic carbocycles. The Morgan fingerprint density at radius 2 is 2.19 bits per heavy atom. The van der Waals surface area contributed by atoms with Gasteiger partial charge < -0.3 is 11.1 Å². The van der Waals surface area contributed by atoms with Crippen LogP contribution in [0.25, 0.3) is 0 Å². The van der Waals surface area contributed by atoms with Gasteiger partial charge in [0.05, 0.1) is 0 Å². The second-order valence-electron chi connectivity index (χ2n) is 4.25. The summed E-state index contributed by atoms with van der Waals surface area (Å²) in [6.07, 6.45) is 1.93. The van der Waals surface area contributed by atoms with Crippen molar-refractivity contribution >= 4 is 17.3 Å². The van der Waals surface area contributed by atoms with Crippen molar-refractivity contribution in [1.82, 2.24) is 0 Å². The highest BCUT2D eigenvalue weighted by Gasteiger charge is 2.11. The van der Waals surface area contributed by atoms with Crippen molar-refractivity contribution in [3.63, 3.8) is 0 Å². The number of benzene rings is 1. The molecule has 0 saturated heterocycles. The number of hydrogen-bond acceptors (Lipinski definition) is 2. The van der Waals surface area contributed by atoms with Crippen LogP contribution in [0.3, 0.4) is 0 Å². The number of carbonyl (C=O) groups excluding carboxylic acids is 1. The molecule has 3 nitrogen and oxygen atoms in total. The predicted octanol–water partition coefficient (Wildman–Crippen LogP) is 2.95. The van der Waals surface area contributed by atoms with Crippen LogP contribution in [0, 0.1) is 12.8 Å². The van der Waals surface area contributed by atoms with E-state index in [4.69, 9.17) is 5.73 Å². The zero-order chi connectivity index (χ0) is 12.1. The summed E-state index contributed by atoms with van der Waals surface area (Å²) >= 11 is 0. The largest absolute Gasteiger partial charge is 0.398 e. The van der Waals surface area contributed by atoms with Gasteiger partial charge in [0.15, 0.2) is 0 Å². The van der Waals surface area contributed by atoms with Crippen molar-refractivity contribution in [3.8, 4) is 0 Å². The second kappa shape index (κ2) is 5.54.